The summed E-state index contributed by atoms with van der Waals surface area (Å²) in [4.78, 5) is 13.8. The number of carbonyl (C=O) groups excluding carboxylic acids is 1. The summed E-state index contributed by atoms with van der Waals surface area (Å²) >= 11 is 3.47. The number of carbonyl (C=O) groups is 1. The molecule has 1 amide bonds. The molecule has 0 aliphatic carbocycles. The molecule has 3 nitrogen and oxygen atoms in total. The minimum atomic E-state index is -0.322. The van der Waals surface area contributed by atoms with Crippen LogP contribution >= 0.6 is 15.9 Å². The van der Waals surface area contributed by atoms with Crippen LogP contribution in [0.2, 0.25) is 0 Å². The van der Waals surface area contributed by atoms with Crippen LogP contribution < -0.4 is 10.6 Å². The molecule has 1 aromatic carbocycles. The second kappa shape index (κ2) is 4.10. The number of amides is 1. The maximum absolute atomic E-state index is 12.0. The van der Waals surface area contributed by atoms with E-state index in [4.69, 9.17) is 5.73 Å². The van der Waals surface area contributed by atoms with E-state index in [-0.39, 0.29) is 17.5 Å². The lowest BCUT2D eigenvalue weighted by Gasteiger charge is -2.34. The molecule has 1 heterocycles. The molecule has 2 rings (SSSR count). The number of hydrogen-bond acceptors (Lipinski definition) is 2. The number of nitrogens with two attached hydrogens (primary N) is 1. The number of halogens is 1. The fourth-order valence-corrected chi connectivity index (χ4v) is 2.51. The Morgan fingerprint density at radius 1 is 1.47 bits per heavy atom. The molecule has 1 aliphatic heterocycles. The second-order valence-corrected chi connectivity index (χ2v) is 5.98. The maximum atomic E-state index is 12.0. The van der Waals surface area contributed by atoms with Crippen molar-refractivity contribution in [2.75, 3.05) is 4.90 Å². The van der Waals surface area contributed by atoms with Gasteiger partial charge in [-0.3, -0.25) is 4.79 Å². The largest absolute Gasteiger partial charge is 0.325 e. The van der Waals surface area contributed by atoms with Crippen molar-refractivity contribution in [1.29, 1.82) is 0 Å². The predicted octanol–water partition coefficient (Wildman–Crippen LogP) is 2.60. The number of rotatable bonds is 1. The Kier molecular flexibility index (Phi) is 3.04. The Balaban J connectivity index is 2.45. The second-order valence-electron chi connectivity index (χ2n) is 5.13. The zero-order chi connectivity index (χ0) is 12.8. The fourth-order valence-electron chi connectivity index (χ4n) is 2.26. The molecule has 4 heteroatoms. The maximum Gasteiger partial charge on any atom is 0.229 e. The molecule has 2 N–H and O–H groups in total. The van der Waals surface area contributed by atoms with E-state index in [9.17, 15) is 4.79 Å². The van der Waals surface area contributed by atoms with Gasteiger partial charge in [0.05, 0.1) is 5.54 Å². The van der Waals surface area contributed by atoms with Gasteiger partial charge in [0.25, 0.3) is 0 Å². The highest BCUT2D eigenvalue weighted by molar-refractivity contribution is 9.10. The van der Waals surface area contributed by atoms with E-state index in [0.29, 0.717) is 6.42 Å². The number of nitrogens with zero attached hydrogens (tertiary/aromatic N) is 1. The van der Waals surface area contributed by atoms with Crippen LogP contribution in [0.25, 0.3) is 0 Å². The van der Waals surface area contributed by atoms with Gasteiger partial charge < -0.3 is 10.6 Å². The van der Waals surface area contributed by atoms with Crippen LogP contribution in [0.15, 0.2) is 22.7 Å². The first-order chi connectivity index (χ1) is 7.84. The highest BCUT2D eigenvalue weighted by Gasteiger charge is 2.45. The van der Waals surface area contributed by atoms with Crippen LogP contribution in [0.1, 0.15) is 25.8 Å². The normalized spacial score (nSPS) is 23.2. The number of anilines is 1. The summed E-state index contributed by atoms with van der Waals surface area (Å²) in [6, 6.07) is 5.83. The summed E-state index contributed by atoms with van der Waals surface area (Å²) in [5.41, 5.74) is 7.75. The van der Waals surface area contributed by atoms with Crippen molar-refractivity contribution in [1.82, 2.24) is 0 Å². The van der Waals surface area contributed by atoms with E-state index in [2.05, 4.69) is 15.9 Å². The van der Waals surface area contributed by atoms with Gasteiger partial charge in [-0.05, 0) is 44.5 Å². The van der Waals surface area contributed by atoms with Gasteiger partial charge in [-0.2, -0.15) is 0 Å². The zero-order valence-electron chi connectivity index (χ0n) is 10.3. The smallest absolute Gasteiger partial charge is 0.229 e. The van der Waals surface area contributed by atoms with Crippen LogP contribution in [-0.2, 0) is 4.79 Å². The topological polar surface area (TPSA) is 46.3 Å². The molecular weight excluding hydrogens is 280 g/mol. The Morgan fingerprint density at radius 2 is 2.12 bits per heavy atom. The summed E-state index contributed by atoms with van der Waals surface area (Å²) in [5.74, 6) is 0.101. The summed E-state index contributed by atoms with van der Waals surface area (Å²) in [5, 5.41) is 0. The quantitative estimate of drug-likeness (QED) is 0.866. The molecule has 0 bridgehead atoms. The van der Waals surface area contributed by atoms with Crippen LogP contribution in [0.3, 0.4) is 0 Å². The van der Waals surface area contributed by atoms with Crippen LogP contribution in [0, 0.1) is 6.92 Å². The van der Waals surface area contributed by atoms with E-state index in [0.717, 1.165) is 15.7 Å². The molecule has 0 radical (unpaired) electrons. The van der Waals surface area contributed by atoms with Gasteiger partial charge in [0.1, 0.15) is 0 Å². The Labute approximate surface area is 110 Å². The first-order valence-corrected chi connectivity index (χ1v) is 6.48. The van der Waals surface area contributed by atoms with Gasteiger partial charge in [-0.15, -0.1) is 0 Å². The lowest BCUT2D eigenvalue weighted by molar-refractivity contribution is -0.117. The third-order valence-corrected chi connectivity index (χ3v) is 4.42. The van der Waals surface area contributed by atoms with Crippen molar-refractivity contribution in [3.8, 4) is 0 Å². The van der Waals surface area contributed by atoms with Crippen molar-refractivity contribution in [2.24, 2.45) is 5.73 Å². The van der Waals surface area contributed by atoms with E-state index in [1.807, 2.05) is 43.9 Å². The fraction of sp³-hybridized carbons (Fsp3) is 0.462. The van der Waals surface area contributed by atoms with Gasteiger partial charge >= 0.3 is 0 Å². The van der Waals surface area contributed by atoms with Crippen molar-refractivity contribution in [3.63, 3.8) is 0 Å². The third-order valence-electron chi connectivity index (χ3n) is 3.53. The van der Waals surface area contributed by atoms with Crippen LogP contribution in [0.4, 0.5) is 5.69 Å². The number of aryl methyl sites for hydroxylation is 1. The molecule has 17 heavy (non-hydrogen) atoms. The lowest BCUT2D eigenvalue weighted by Crippen LogP contribution is -2.49. The van der Waals surface area contributed by atoms with Gasteiger partial charge in [0, 0.05) is 22.6 Å². The van der Waals surface area contributed by atoms with Gasteiger partial charge in [-0.25, -0.2) is 0 Å². The standard InChI is InChI=1S/C13H17BrN2O/c1-8-6-9(4-5-10(8)14)16-12(17)7-11(15)13(16,2)3/h4-6,11H,7,15H2,1-3H3. The van der Waals surface area contributed by atoms with Crippen molar-refractivity contribution >= 4 is 27.5 Å². The molecule has 1 saturated heterocycles. The van der Waals surface area contributed by atoms with Crippen LogP contribution in [0.5, 0.6) is 0 Å². The summed E-state index contributed by atoms with van der Waals surface area (Å²) < 4.78 is 1.05. The Bertz CT molecular complexity index is 470. The molecule has 1 unspecified atom stereocenters. The molecule has 1 aliphatic rings. The molecule has 1 fully saturated rings. The monoisotopic (exact) mass is 296 g/mol. The molecule has 0 spiro atoms. The Hall–Kier alpha value is -0.870. The average Bonchev–Trinajstić information content (AvgIpc) is 2.42. The zero-order valence-corrected chi connectivity index (χ0v) is 11.9. The molecule has 1 atom stereocenters. The van der Waals surface area contributed by atoms with E-state index < -0.39 is 0 Å². The predicted molar refractivity (Wildman–Crippen MR) is 73.0 cm³/mol. The van der Waals surface area contributed by atoms with E-state index in [1.54, 1.807) is 0 Å². The van der Waals surface area contributed by atoms with E-state index >= 15 is 0 Å². The van der Waals surface area contributed by atoms with E-state index in [1.165, 1.54) is 0 Å². The van der Waals surface area contributed by atoms with Gasteiger partial charge in [0.2, 0.25) is 5.91 Å². The third kappa shape index (κ3) is 2.00. The summed E-state index contributed by atoms with van der Waals surface area (Å²) in [7, 11) is 0. The summed E-state index contributed by atoms with van der Waals surface area (Å²) in [6.07, 6.45) is 0.419. The first kappa shape index (κ1) is 12.6. The van der Waals surface area contributed by atoms with Crippen molar-refractivity contribution in [3.05, 3.63) is 28.2 Å². The SMILES string of the molecule is Cc1cc(N2C(=O)CC(N)C2(C)C)ccc1Br. The highest BCUT2D eigenvalue weighted by Crippen LogP contribution is 2.35. The molecule has 92 valence electrons. The molecule has 0 aromatic heterocycles. The van der Waals surface area contributed by atoms with Crippen molar-refractivity contribution < 1.29 is 4.79 Å². The van der Waals surface area contributed by atoms with Gasteiger partial charge in [0.15, 0.2) is 0 Å². The minimum absolute atomic E-state index is 0.101. The minimum Gasteiger partial charge on any atom is -0.325 e. The molecule has 1 aromatic rings. The van der Waals surface area contributed by atoms with Gasteiger partial charge in [-0.1, -0.05) is 15.9 Å². The Morgan fingerprint density at radius 3 is 2.59 bits per heavy atom. The molecule has 0 saturated carbocycles. The highest BCUT2D eigenvalue weighted by atomic mass is 79.9. The number of hydrogen-bond donors (Lipinski definition) is 1. The lowest BCUT2D eigenvalue weighted by atomic mass is 9.96. The van der Waals surface area contributed by atoms with Crippen LogP contribution in [-0.4, -0.2) is 17.5 Å². The average molecular weight is 297 g/mol. The summed E-state index contributed by atoms with van der Waals surface area (Å²) in [6.45, 7) is 6.04. The van der Waals surface area contributed by atoms with Crippen molar-refractivity contribution in [2.45, 2.75) is 38.8 Å². The number of benzene rings is 1. The molecular formula is C13H17BrN2O. The first-order valence-electron chi connectivity index (χ1n) is 5.69.